The van der Waals surface area contributed by atoms with Crippen molar-refractivity contribution in [2.45, 2.75) is 19.2 Å². The first-order chi connectivity index (χ1) is 14.5. The monoisotopic (exact) mass is 436 g/mol. The summed E-state index contributed by atoms with van der Waals surface area (Å²) >= 11 is 7.75. The minimum absolute atomic E-state index is 0.0610. The molecule has 1 saturated heterocycles. The van der Waals surface area contributed by atoms with E-state index in [4.69, 9.17) is 11.6 Å². The highest BCUT2D eigenvalue weighted by Gasteiger charge is 2.36. The summed E-state index contributed by atoms with van der Waals surface area (Å²) in [5.41, 5.74) is 5.01. The molecule has 0 aliphatic carbocycles. The van der Waals surface area contributed by atoms with E-state index in [1.165, 1.54) is 0 Å². The highest BCUT2D eigenvalue weighted by atomic mass is 35.5. The van der Waals surface area contributed by atoms with Crippen molar-refractivity contribution in [3.05, 3.63) is 94.0 Å². The Hall–Kier alpha value is -2.76. The Morgan fingerprint density at radius 3 is 2.60 bits per heavy atom. The van der Waals surface area contributed by atoms with E-state index in [1.54, 1.807) is 36.0 Å². The summed E-state index contributed by atoms with van der Waals surface area (Å²) in [6, 6.07) is 20.7. The molecule has 1 atom stereocenters. The van der Waals surface area contributed by atoms with Crippen molar-refractivity contribution in [1.82, 2.24) is 0 Å². The molecule has 0 bridgehead atoms. The quantitative estimate of drug-likeness (QED) is 0.546. The van der Waals surface area contributed by atoms with Gasteiger partial charge >= 0.3 is 0 Å². The van der Waals surface area contributed by atoms with Gasteiger partial charge in [0.2, 0.25) is 5.91 Å². The van der Waals surface area contributed by atoms with E-state index < -0.39 is 0 Å². The Morgan fingerprint density at radius 2 is 1.80 bits per heavy atom. The van der Waals surface area contributed by atoms with Crippen LogP contribution in [0.1, 0.15) is 32.4 Å². The Morgan fingerprint density at radius 1 is 1.07 bits per heavy atom. The number of nitrogens with zero attached hydrogens (tertiary/aromatic N) is 1. The van der Waals surface area contributed by atoms with Crippen molar-refractivity contribution < 1.29 is 9.59 Å². The van der Waals surface area contributed by atoms with Crippen LogP contribution in [-0.2, 0) is 4.79 Å². The fourth-order valence-corrected chi connectivity index (χ4v) is 4.98. The van der Waals surface area contributed by atoms with Gasteiger partial charge < -0.3 is 5.32 Å². The molecule has 4 nitrogen and oxygen atoms in total. The van der Waals surface area contributed by atoms with Crippen molar-refractivity contribution in [2.24, 2.45) is 0 Å². The lowest BCUT2D eigenvalue weighted by atomic mass is 10.1. The van der Waals surface area contributed by atoms with Gasteiger partial charge in [0.15, 0.2) is 0 Å². The zero-order valence-electron chi connectivity index (χ0n) is 16.7. The van der Waals surface area contributed by atoms with Gasteiger partial charge in [0.1, 0.15) is 5.37 Å². The van der Waals surface area contributed by atoms with Gasteiger partial charge in [0.25, 0.3) is 5.91 Å². The molecule has 1 N–H and O–H groups in total. The maximum Gasteiger partial charge on any atom is 0.257 e. The van der Waals surface area contributed by atoms with Gasteiger partial charge in [-0.3, -0.25) is 14.5 Å². The first-order valence-corrected chi connectivity index (χ1v) is 11.0. The lowest BCUT2D eigenvalue weighted by Crippen LogP contribution is -2.29. The summed E-state index contributed by atoms with van der Waals surface area (Å²) < 4.78 is 0. The van der Waals surface area contributed by atoms with E-state index in [-0.39, 0.29) is 17.2 Å². The standard InChI is InChI=1S/C24H21ClN2O2S/c1-15-11-12-16(2)21(13-15)27-22(28)14-30-24(27)18-8-4-6-10-20(18)26-23(29)17-7-3-5-9-19(17)25/h3-13,24H,14H2,1-2H3,(H,26,29)/t24-/m0/s1. The maximum atomic E-state index is 12.8. The zero-order chi connectivity index (χ0) is 21.3. The van der Waals surface area contributed by atoms with Crippen LogP contribution in [0.15, 0.2) is 66.7 Å². The van der Waals surface area contributed by atoms with Crippen molar-refractivity contribution >= 4 is 46.6 Å². The van der Waals surface area contributed by atoms with E-state index in [0.717, 1.165) is 22.4 Å². The smallest absolute Gasteiger partial charge is 0.257 e. The number of anilines is 2. The number of nitrogens with one attached hydrogen (secondary N) is 1. The molecule has 4 rings (SSSR count). The largest absolute Gasteiger partial charge is 0.322 e. The minimum atomic E-state index is -0.277. The maximum absolute atomic E-state index is 12.8. The molecular weight excluding hydrogens is 416 g/mol. The second kappa shape index (κ2) is 8.54. The number of hydrogen-bond donors (Lipinski definition) is 1. The Labute approximate surface area is 185 Å². The van der Waals surface area contributed by atoms with Gasteiger partial charge in [0.05, 0.1) is 16.3 Å². The molecule has 1 heterocycles. The van der Waals surface area contributed by atoms with E-state index in [1.807, 2.05) is 61.2 Å². The number of rotatable bonds is 4. The molecule has 30 heavy (non-hydrogen) atoms. The summed E-state index contributed by atoms with van der Waals surface area (Å²) in [5, 5.41) is 3.16. The highest BCUT2D eigenvalue weighted by Crippen LogP contribution is 2.45. The molecule has 6 heteroatoms. The molecule has 1 aliphatic heterocycles. The van der Waals surface area contributed by atoms with Crippen LogP contribution in [0.2, 0.25) is 5.02 Å². The number of para-hydroxylation sites is 1. The molecule has 152 valence electrons. The van der Waals surface area contributed by atoms with Crippen LogP contribution in [0.5, 0.6) is 0 Å². The molecular formula is C24H21ClN2O2S. The second-order valence-electron chi connectivity index (χ2n) is 7.24. The normalized spacial score (nSPS) is 16.0. The first kappa shape index (κ1) is 20.5. The fourth-order valence-electron chi connectivity index (χ4n) is 3.55. The van der Waals surface area contributed by atoms with Crippen LogP contribution in [0.4, 0.5) is 11.4 Å². The molecule has 1 aliphatic rings. The molecule has 0 spiro atoms. The van der Waals surface area contributed by atoms with Crippen LogP contribution in [0.25, 0.3) is 0 Å². The third-order valence-corrected chi connectivity index (χ3v) is 6.61. The van der Waals surface area contributed by atoms with Crippen molar-refractivity contribution in [2.75, 3.05) is 16.0 Å². The summed E-state index contributed by atoms with van der Waals surface area (Å²) in [4.78, 5) is 27.5. The molecule has 1 fully saturated rings. The highest BCUT2D eigenvalue weighted by molar-refractivity contribution is 8.00. The molecule has 0 unspecified atom stereocenters. The number of thioether (sulfide) groups is 1. The predicted molar refractivity (Wildman–Crippen MR) is 124 cm³/mol. The number of benzene rings is 3. The molecule has 0 saturated carbocycles. The fraction of sp³-hybridized carbons (Fsp3) is 0.167. The lowest BCUT2D eigenvalue weighted by Gasteiger charge is -2.27. The Balaban J connectivity index is 1.71. The number of hydrogen-bond acceptors (Lipinski definition) is 3. The molecule has 3 aromatic carbocycles. The van der Waals surface area contributed by atoms with Gasteiger partial charge in [-0.05, 0) is 49.2 Å². The van der Waals surface area contributed by atoms with Crippen molar-refractivity contribution in [1.29, 1.82) is 0 Å². The van der Waals surface area contributed by atoms with E-state index >= 15 is 0 Å². The van der Waals surface area contributed by atoms with Gasteiger partial charge in [-0.2, -0.15) is 0 Å². The van der Waals surface area contributed by atoms with E-state index in [9.17, 15) is 9.59 Å². The van der Waals surface area contributed by atoms with Crippen LogP contribution >= 0.6 is 23.4 Å². The third-order valence-electron chi connectivity index (χ3n) is 5.09. The number of carbonyl (C=O) groups is 2. The topological polar surface area (TPSA) is 49.4 Å². The molecule has 3 aromatic rings. The lowest BCUT2D eigenvalue weighted by molar-refractivity contribution is -0.115. The Kier molecular flexibility index (Phi) is 5.84. The number of amides is 2. The molecule has 2 amide bonds. The van der Waals surface area contributed by atoms with Crippen LogP contribution in [0, 0.1) is 13.8 Å². The average molecular weight is 437 g/mol. The SMILES string of the molecule is Cc1ccc(C)c(N2C(=O)CS[C@H]2c2ccccc2NC(=O)c2ccccc2Cl)c1. The number of halogens is 1. The van der Waals surface area contributed by atoms with Crippen LogP contribution in [-0.4, -0.2) is 17.6 Å². The number of carbonyl (C=O) groups excluding carboxylic acids is 2. The second-order valence-corrected chi connectivity index (χ2v) is 8.71. The van der Waals surface area contributed by atoms with Gasteiger partial charge in [0, 0.05) is 16.9 Å². The summed E-state index contributed by atoms with van der Waals surface area (Å²) in [6.07, 6.45) is 0. The van der Waals surface area contributed by atoms with Gasteiger partial charge in [-0.15, -0.1) is 11.8 Å². The van der Waals surface area contributed by atoms with Crippen LogP contribution in [0.3, 0.4) is 0 Å². The molecule has 0 aromatic heterocycles. The summed E-state index contributed by atoms with van der Waals surface area (Å²) in [7, 11) is 0. The zero-order valence-corrected chi connectivity index (χ0v) is 18.3. The predicted octanol–water partition coefficient (Wildman–Crippen LogP) is 5.99. The van der Waals surface area contributed by atoms with E-state index in [0.29, 0.717) is 22.0 Å². The van der Waals surface area contributed by atoms with Gasteiger partial charge in [-0.25, -0.2) is 0 Å². The van der Waals surface area contributed by atoms with Crippen molar-refractivity contribution in [3.8, 4) is 0 Å². The summed E-state index contributed by atoms with van der Waals surface area (Å²) in [5.74, 6) is 0.178. The van der Waals surface area contributed by atoms with E-state index in [2.05, 4.69) is 5.32 Å². The number of aryl methyl sites for hydroxylation is 2. The van der Waals surface area contributed by atoms with Crippen molar-refractivity contribution in [3.63, 3.8) is 0 Å². The average Bonchev–Trinajstić information content (AvgIpc) is 3.11. The minimum Gasteiger partial charge on any atom is -0.322 e. The first-order valence-electron chi connectivity index (χ1n) is 9.61. The third kappa shape index (κ3) is 3.95. The van der Waals surface area contributed by atoms with Crippen LogP contribution < -0.4 is 10.2 Å². The molecule has 0 radical (unpaired) electrons. The summed E-state index contributed by atoms with van der Waals surface area (Å²) in [6.45, 7) is 4.02. The van der Waals surface area contributed by atoms with Gasteiger partial charge in [-0.1, -0.05) is 54.1 Å². The Bertz CT molecular complexity index is 1130.